The van der Waals surface area contributed by atoms with Crippen molar-refractivity contribution in [3.63, 3.8) is 0 Å². The Bertz CT molecular complexity index is 227. The molecule has 0 spiro atoms. The fourth-order valence-corrected chi connectivity index (χ4v) is 2.87. The van der Waals surface area contributed by atoms with Gasteiger partial charge in [-0.1, -0.05) is 27.2 Å². The largest absolute Gasteiger partial charge is 0.229 e. The quantitative estimate of drug-likeness (QED) is 0.692. The zero-order valence-corrected chi connectivity index (χ0v) is 10.2. The van der Waals surface area contributed by atoms with Gasteiger partial charge in [0, 0.05) is 0 Å². The van der Waals surface area contributed by atoms with Crippen molar-refractivity contribution in [2.24, 2.45) is 11.8 Å². The van der Waals surface area contributed by atoms with Gasteiger partial charge in [0.25, 0.3) is 0 Å². The van der Waals surface area contributed by atoms with E-state index < -0.39 is 9.84 Å². The van der Waals surface area contributed by atoms with Crippen LogP contribution in [0.2, 0.25) is 0 Å². The molecule has 1 atom stereocenters. The average molecular weight is 206 g/mol. The van der Waals surface area contributed by atoms with Crippen LogP contribution in [0.5, 0.6) is 0 Å². The third-order valence-electron chi connectivity index (χ3n) is 2.63. The van der Waals surface area contributed by atoms with Crippen LogP contribution in [0.25, 0.3) is 0 Å². The molecule has 0 saturated heterocycles. The highest BCUT2D eigenvalue weighted by molar-refractivity contribution is 7.91. The average Bonchev–Trinajstić information content (AvgIpc) is 1.99. The molecule has 0 aromatic carbocycles. The second-order valence-corrected chi connectivity index (χ2v) is 6.89. The Labute approximate surface area is 82.6 Å². The first kappa shape index (κ1) is 12.9. The van der Waals surface area contributed by atoms with Crippen LogP contribution in [0.1, 0.15) is 41.0 Å². The molecular formula is C10H22O2S. The van der Waals surface area contributed by atoms with Crippen molar-refractivity contribution >= 4 is 9.84 Å². The predicted molar refractivity (Wildman–Crippen MR) is 57.5 cm³/mol. The first-order chi connectivity index (χ1) is 5.81. The van der Waals surface area contributed by atoms with E-state index in [1.54, 1.807) is 13.8 Å². The van der Waals surface area contributed by atoms with Gasteiger partial charge < -0.3 is 0 Å². The van der Waals surface area contributed by atoms with Gasteiger partial charge in [0.2, 0.25) is 0 Å². The topological polar surface area (TPSA) is 34.1 Å². The van der Waals surface area contributed by atoms with Crippen molar-refractivity contribution < 1.29 is 8.42 Å². The minimum absolute atomic E-state index is 0.236. The molecule has 0 aliphatic carbocycles. The third-order valence-corrected chi connectivity index (χ3v) is 4.96. The summed E-state index contributed by atoms with van der Waals surface area (Å²) in [6, 6.07) is 0. The second-order valence-electron chi connectivity index (χ2n) is 4.29. The fourth-order valence-electron chi connectivity index (χ4n) is 1.27. The van der Waals surface area contributed by atoms with Gasteiger partial charge >= 0.3 is 0 Å². The van der Waals surface area contributed by atoms with E-state index in [1.807, 2.05) is 0 Å². The maximum absolute atomic E-state index is 11.6. The number of hydrogen-bond acceptors (Lipinski definition) is 2. The standard InChI is InChI=1S/C10H22O2S/c1-6-10(8(2)3)7-13(11,12)9(4)5/h8-10H,6-7H2,1-5H3/t10-/m1/s1. The number of sulfone groups is 1. The van der Waals surface area contributed by atoms with Gasteiger partial charge in [-0.25, -0.2) is 8.42 Å². The van der Waals surface area contributed by atoms with Crippen LogP contribution in [-0.4, -0.2) is 19.4 Å². The highest BCUT2D eigenvalue weighted by Gasteiger charge is 2.23. The summed E-state index contributed by atoms with van der Waals surface area (Å²) in [7, 11) is -2.85. The normalized spacial score (nSPS) is 15.3. The molecule has 0 aliphatic rings. The fraction of sp³-hybridized carbons (Fsp3) is 1.00. The van der Waals surface area contributed by atoms with E-state index in [1.165, 1.54) is 0 Å². The maximum atomic E-state index is 11.6. The summed E-state index contributed by atoms with van der Waals surface area (Å²) in [5.74, 6) is 1.12. The summed E-state index contributed by atoms with van der Waals surface area (Å²) in [6.07, 6.45) is 0.948. The molecule has 0 aromatic rings. The Morgan fingerprint density at radius 3 is 1.77 bits per heavy atom. The monoisotopic (exact) mass is 206 g/mol. The first-order valence-electron chi connectivity index (χ1n) is 5.02. The lowest BCUT2D eigenvalue weighted by atomic mass is 9.96. The molecule has 13 heavy (non-hydrogen) atoms. The molecule has 0 aromatic heterocycles. The SMILES string of the molecule is CC[C@H](CS(=O)(=O)C(C)C)C(C)C. The molecule has 80 valence electrons. The minimum Gasteiger partial charge on any atom is -0.229 e. The van der Waals surface area contributed by atoms with E-state index in [4.69, 9.17) is 0 Å². The van der Waals surface area contributed by atoms with Crippen LogP contribution in [0.4, 0.5) is 0 Å². The lowest BCUT2D eigenvalue weighted by Gasteiger charge is -2.20. The molecule has 0 radical (unpaired) electrons. The molecule has 0 rings (SSSR count). The predicted octanol–water partition coefficient (Wildman–Crippen LogP) is 2.49. The summed E-state index contributed by atoms with van der Waals surface area (Å²) >= 11 is 0. The van der Waals surface area contributed by atoms with E-state index in [0.717, 1.165) is 6.42 Å². The van der Waals surface area contributed by atoms with Gasteiger partial charge in [-0.05, 0) is 25.7 Å². The smallest absolute Gasteiger partial charge is 0.152 e. The Morgan fingerprint density at radius 1 is 1.08 bits per heavy atom. The number of hydrogen-bond donors (Lipinski definition) is 0. The zero-order valence-electron chi connectivity index (χ0n) is 9.37. The van der Waals surface area contributed by atoms with E-state index in [2.05, 4.69) is 20.8 Å². The molecule has 0 N–H and O–H groups in total. The van der Waals surface area contributed by atoms with Gasteiger partial charge in [-0.3, -0.25) is 0 Å². The Morgan fingerprint density at radius 2 is 1.54 bits per heavy atom. The summed E-state index contributed by atoms with van der Waals surface area (Å²) < 4.78 is 23.2. The highest BCUT2D eigenvalue weighted by atomic mass is 32.2. The summed E-state index contributed by atoms with van der Waals surface area (Å²) in [5.41, 5.74) is 0. The Balaban J connectivity index is 4.41. The van der Waals surface area contributed by atoms with Gasteiger partial charge in [0.15, 0.2) is 9.84 Å². The second kappa shape index (κ2) is 4.99. The van der Waals surface area contributed by atoms with Crippen LogP contribution in [0.3, 0.4) is 0 Å². The van der Waals surface area contributed by atoms with E-state index >= 15 is 0 Å². The number of rotatable bonds is 5. The molecule has 0 amide bonds. The van der Waals surface area contributed by atoms with Gasteiger partial charge in [0.05, 0.1) is 11.0 Å². The lowest BCUT2D eigenvalue weighted by Crippen LogP contribution is -2.25. The molecule has 0 unspecified atom stereocenters. The molecule has 2 nitrogen and oxygen atoms in total. The van der Waals surface area contributed by atoms with E-state index in [0.29, 0.717) is 17.6 Å². The summed E-state index contributed by atoms with van der Waals surface area (Å²) in [4.78, 5) is 0. The van der Waals surface area contributed by atoms with Crippen molar-refractivity contribution in [1.29, 1.82) is 0 Å². The molecular weight excluding hydrogens is 184 g/mol. The van der Waals surface area contributed by atoms with Gasteiger partial charge in [0.1, 0.15) is 0 Å². The highest BCUT2D eigenvalue weighted by Crippen LogP contribution is 2.18. The van der Waals surface area contributed by atoms with Crippen molar-refractivity contribution in [3.8, 4) is 0 Å². The van der Waals surface area contributed by atoms with Crippen LogP contribution in [0, 0.1) is 11.8 Å². The van der Waals surface area contributed by atoms with Gasteiger partial charge in [-0.15, -0.1) is 0 Å². The van der Waals surface area contributed by atoms with Crippen molar-refractivity contribution in [1.82, 2.24) is 0 Å². The van der Waals surface area contributed by atoms with Crippen molar-refractivity contribution in [2.75, 3.05) is 5.75 Å². The minimum atomic E-state index is -2.85. The summed E-state index contributed by atoms with van der Waals surface area (Å²) in [5, 5.41) is -0.236. The lowest BCUT2D eigenvalue weighted by molar-refractivity contribution is 0.405. The molecule has 0 fully saturated rings. The Kier molecular flexibility index (Phi) is 4.97. The maximum Gasteiger partial charge on any atom is 0.152 e. The van der Waals surface area contributed by atoms with E-state index in [-0.39, 0.29) is 5.25 Å². The Hall–Kier alpha value is -0.0500. The van der Waals surface area contributed by atoms with Crippen LogP contribution < -0.4 is 0 Å². The molecule has 0 bridgehead atoms. The first-order valence-corrected chi connectivity index (χ1v) is 6.74. The summed E-state index contributed by atoms with van der Waals surface area (Å²) in [6.45, 7) is 9.74. The molecule has 0 saturated carbocycles. The third kappa shape index (κ3) is 4.12. The van der Waals surface area contributed by atoms with Crippen molar-refractivity contribution in [2.45, 2.75) is 46.3 Å². The molecule has 0 heterocycles. The van der Waals surface area contributed by atoms with Crippen LogP contribution in [-0.2, 0) is 9.84 Å². The van der Waals surface area contributed by atoms with Crippen LogP contribution in [0.15, 0.2) is 0 Å². The van der Waals surface area contributed by atoms with Crippen molar-refractivity contribution in [3.05, 3.63) is 0 Å². The van der Waals surface area contributed by atoms with E-state index in [9.17, 15) is 8.42 Å². The molecule has 3 heteroatoms. The van der Waals surface area contributed by atoms with Crippen LogP contribution >= 0.6 is 0 Å². The molecule has 0 aliphatic heterocycles. The zero-order chi connectivity index (χ0) is 10.6. The van der Waals surface area contributed by atoms with Gasteiger partial charge in [-0.2, -0.15) is 0 Å².